The van der Waals surface area contributed by atoms with Gasteiger partial charge in [-0.3, -0.25) is 0 Å². The first-order valence-corrected chi connectivity index (χ1v) is 7.27. The summed E-state index contributed by atoms with van der Waals surface area (Å²) in [5, 5.41) is 14.6. The Labute approximate surface area is 124 Å². The van der Waals surface area contributed by atoms with Crippen molar-refractivity contribution in [1.82, 2.24) is 5.32 Å². The summed E-state index contributed by atoms with van der Waals surface area (Å²) in [5.74, 6) is -1.01. The molecule has 0 spiro atoms. The van der Waals surface area contributed by atoms with Crippen molar-refractivity contribution in [2.75, 3.05) is 5.32 Å². The second-order valence-electron chi connectivity index (χ2n) is 6.42. The number of hydrogen-bond acceptors (Lipinski definition) is 2. The summed E-state index contributed by atoms with van der Waals surface area (Å²) in [6.45, 7) is 4.50. The maximum absolute atomic E-state index is 12.0. The van der Waals surface area contributed by atoms with Crippen LogP contribution in [-0.2, 0) is 0 Å². The third-order valence-electron chi connectivity index (χ3n) is 4.04. The SMILES string of the molecule is CC1(C)CCC(NC(=O)Nc2cccc(C(=O)O)c2)CC1. The second-order valence-corrected chi connectivity index (χ2v) is 6.42. The zero-order chi connectivity index (χ0) is 15.5. The minimum absolute atomic E-state index is 0.159. The van der Waals surface area contributed by atoms with Gasteiger partial charge in [0.05, 0.1) is 5.56 Å². The molecule has 0 unspecified atom stereocenters. The van der Waals surface area contributed by atoms with Gasteiger partial charge in [-0.15, -0.1) is 0 Å². The molecule has 5 heteroatoms. The van der Waals surface area contributed by atoms with Gasteiger partial charge in [-0.25, -0.2) is 9.59 Å². The molecule has 0 atom stereocenters. The minimum atomic E-state index is -1.01. The first-order valence-electron chi connectivity index (χ1n) is 7.27. The number of carboxylic acids is 1. The largest absolute Gasteiger partial charge is 0.478 e. The van der Waals surface area contributed by atoms with Crippen molar-refractivity contribution in [3.05, 3.63) is 29.8 Å². The van der Waals surface area contributed by atoms with Crippen molar-refractivity contribution >= 4 is 17.7 Å². The van der Waals surface area contributed by atoms with Crippen LogP contribution in [0.15, 0.2) is 24.3 Å². The van der Waals surface area contributed by atoms with Crippen LogP contribution < -0.4 is 10.6 Å². The van der Waals surface area contributed by atoms with Crippen LogP contribution in [0.1, 0.15) is 49.9 Å². The van der Waals surface area contributed by atoms with Gasteiger partial charge in [0.2, 0.25) is 0 Å². The van der Waals surface area contributed by atoms with Gasteiger partial charge >= 0.3 is 12.0 Å². The monoisotopic (exact) mass is 290 g/mol. The van der Waals surface area contributed by atoms with Gasteiger partial charge in [-0.05, 0) is 49.3 Å². The van der Waals surface area contributed by atoms with E-state index in [1.54, 1.807) is 12.1 Å². The van der Waals surface area contributed by atoms with E-state index < -0.39 is 5.97 Å². The molecule has 0 radical (unpaired) electrons. The van der Waals surface area contributed by atoms with Gasteiger partial charge in [-0.2, -0.15) is 0 Å². The zero-order valence-corrected chi connectivity index (χ0v) is 12.5. The molecule has 5 nitrogen and oxygen atoms in total. The van der Waals surface area contributed by atoms with Crippen molar-refractivity contribution < 1.29 is 14.7 Å². The Hall–Kier alpha value is -2.04. The average Bonchev–Trinajstić information content (AvgIpc) is 2.41. The van der Waals surface area contributed by atoms with Crippen molar-refractivity contribution in [2.45, 2.75) is 45.6 Å². The molecule has 1 aromatic rings. The summed E-state index contributed by atoms with van der Waals surface area (Å²) in [6, 6.07) is 6.15. The normalized spacial score (nSPS) is 18.0. The molecule has 0 aromatic heterocycles. The fraction of sp³-hybridized carbons (Fsp3) is 0.500. The predicted molar refractivity (Wildman–Crippen MR) is 81.6 cm³/mol. The third kappa shape index (κ3) is 4.48. The Morgan fingerprint density at radius 3 is 2.52 bits per heavy atom. The predicted octanol–water partition coefficient (Wildman–Crippen LogP) is 3.48. The molecule has 0 heterocycles. The lowest BCUT2D eigenvalue weighted by molar-refractivity contribution is 0.0697. The highest BCUT2D eigenvalue weighted by Crippen LogP contribution is 2.34. The minimum Gasteiger partial charge on any atom is -0.478 e. The van der Waals surface area contributed by atoms with Crippen LogP contribution >= 0.6 is 0 Å². The second kappa shape index (κ2) is 6.16. The summed E-state index contributed by atoms with van der Waals surface area (Å²) in [7, 11) is 0. The molecule has 114 valence electrons. The fourth-order valence-corrected chi connectivity index (χ4v) is 2.63. The molecule has 1 aromatic carbocycles. The number of aromatic carboxylic acids is 1. The molecule has 2 amide bonds. The highest BCUT2D eigenvalue weighted by Gasteiger charge is 2.27. The number of rotatable bonds is 3. The summed E-state index contributed by atoms with van der Waals surface area (Å²) in [5.41, 5.74) is 1.01. The van der Waals surface area contributed by atoms with E-state index in [1.807, 2.05) is 0 Å². The van der Waals surface area contributed by atoms with E-state index in [0.717, 1.165) is 25.7 Å². The quantitative estimate of drug-likeness (QED) is 0.797. The summed E-state index contributed by atoms with van der Waals surface area (Å²) in [6.07, 6.45) is 4.17. The van der Waals surface area contributed by atoms with Crippen LogP contribution in [0.25, 0.3) is 0 Å². The van der Waals surface area contributed by atoms with Gasteiger partial charge < -0.3 is 15.7 Å². The van der Waals surface area contributed by atoms with Gasteiger partial charge in [-0.1, -0.05) is 19.9 Å². The number of urea groups is 1. The molecule has 1 aliphatic rings. The molecular formula is C16H22N2O3. The topological polar surface area (TPSA) is 78.4 Å². The lowest BCUT2D eigenvalue weighted by atomic mass is 9.76. The molecule has 1 saturated carbocycles. The summed E-state index contributed by atoms with van der Waals surface area (Å²) >= 11 is 0. The van der Waals surface area contributed by atoms with Gasteiger partial charge in [0, 0.05) is 11.7 Å². The van der Waals surface area contributed by atoms with Crippen LogP contribution in [0.3, 0.4) is 0 Å². The lowest BCUT2D eigenvalue weighted by Crippen LogP contribution is -2.41. The zero-order valence-electron chi connectivity index (χ0n) is 12.5. The molecule has 0 saturated heterocycles. The van der Waals surface area contributed by atoms with Crippen LogP contribution in [0, 0.1) is 5.41 Å². The lowest BCUT2D eigenvalue weighted by Gasteiger charge is -2.34. The summed E-state index contributed by atoms with van der Waals surface area (Å²) < 4.78 is 0. The molecule has 1 aliphatic carbocycles. The van der Waals surface area contributed by atoms with Gasteiger partial charge in [0.1, 0.15) is 0 Å². The molecule has 3 N–H and O–H groups in total. The molecule has 21 heavy (non-hydrogen) atoms. The van der Waals surface area contributed by atoms with E-state index in [4.69, 9.17) is 5.11 Å². The number of amides is 2. The van der Waals surface area contributed by atoms with Crippen molar-refractivity contribution in [2.24, 2.45) is 5.41 Å². The van der Waals surface area contributed by atoms with E-state index >= 15 is 0 Å². The smallest absolute Gasteiger partial charge is 0.335 e. The molecule has 2 rings (SSSR count). The molecule has 0 bridgehead atoms. The molecule has 1 fully saturated rings. The Balaban J connectivity index is 1.88. The highest BCUT2D eigenvalue weighted by atomic mass is 16.4. The van der Waals surface area contributed by atoms with Gasteiger partial charge in [0.25, 0.3) is 0 Å². The Kier molecular flexibility index (Phi) is 4.50. The fourth-order valence-electron chi connectivity index (χ4n) is 2.63. The van der Waals surface area contributed by atoms with Crippen LogP contribution in [0.4, 0.5) is 10.5 Å². The first kappa shape index (κ1) is 15.4. The maximum atomic E-state index is 12.0. The molecular weight excluding hydrogens is 268 g/mol. The van der Waals surface area contributed by atoms with Crippen LogP contribution in [0.2, 0.25) is 0 Å². The molecule has 0 aliphatic heterocycles. The Bertz CT molecular complexity index is 530. The Morgan fingerprint density at radius 1 is 1.24 bits per heavy atom. The van der Waals surface area contributed by atoms with Crippen molar-refractivity contribution in [3.8, 4) is 0 Å². The Morgan fingerprint density at radius 2 is 1.90 bits per heavy atom. The van der Waals surface area contributed by atoms with E-state index in [2.05, 4.69) is 24.5 Å². The van der Waals surface area contributed by atoms with E-state index in [9.17, 15) is 9.59 Å². The average molecular weight is 290 g/mol. The number of nitrogens with one attached hydrogen (secondary N) is 2. The number of hydrogen-bond donors (Lipinski definition) is 3. The standard InChI is InChI=1S/C16H22N2O3/c1-16(2)8-6-12(7-9-16)17-15(21)18-13-5-3-4-11(10-13)14(19)20/h3-5,10,12H,6-9H2,1-2H3,(H,19,20)(H2,17,18,21). The van der Waals surface area contributed by atoms with Crippen molar-refractivity contribution in [3.63, 3.8) is 0 Å². The number of carbonyl (C=O) groups excluding carboxylic acids is 1. The number of anilines is 1. The number of carbonyl (C=O) groups is 2. The summed E-state index contributed by atoms with van der Waals surface area (Å²) in [4.78, 5) is 22.8. The van der Waals surface area contributed by atoms with Crippen molar-refractivity contribution in [1.29, 1.82) is 0 Å². The van der Waals surface area contributed by atoms with Crippen LogP contribution in [0.5, 0.6) is 0 Å². The van der Waals surface area contributed by atoms with E-state index in [-0.39, 0.29) is 17.6 Å². The third-order valence-corrected chi connectivity index (χ3v) is 4.04. The van der Waals surface area contributed by atoms with Crippen LogP contribution in [-0.4, -0.2) is 23.1 Å². The first-order chi connectivity index (χ1) is 9.85. The van der Waals surface area contributed by atoms with E-state index in [1.165, 1.54) is 12.1 Å². The van der Waals surface area contributed by atoms with Gasteiger partial charge in [0.15, 0.2) is 0 Å². The maximum Gasteiger partial charge on any atom is 0.335 e. The highest BCUT2D eigenvalue weighted by molar-refractivity contribution is 5.93. The van der Waals surface area contributed by atoms with E-state index in [0.29, 0.717) is 11.1 Å². The number of carboxylic acid groups (broad SMARTS) is 1. The number of benzene rings is 1.